The normalized spacial score (nSPS) is 11.5. The van der Waals surface area contributed by atoms with E-state index in [1.54, 1.807) is 0 Å². The van der Waals surface area contributed by atoms with Crippen LogP contribution in [0.3, 0.4) is 0 Å². The number of carbonyl (C=O) groups excluding carboxylic acids is 2. The van der Waals surface area contributed by atoms with Gasteiger partial charge in [-0.25, -0.2) is 9.59 Å². The SMILES string of the molecule is O=C(CCc1ccccc1)N[C@@H](CCCC(=O)C(=O)O)C(=O)O. The molecule has 0 bridgehead atoms. The topological polar surface area (TPSA) is 121 Å². The lowest BCUT2D eigenvalue weighted by Gasteiger charge is -2.14. The highest BCUT2D eigenvalue weighted by molar-refractivity contribution is 6.32. The second-order valence-corrected chi connectivity index (χ2v) is 5.06. The number of nitrogens with one attached hydrogen (secondary N) is 1. The summed E-state index contributed by atoms with van der Waals surface area (Å²) in [5.74, 6) is -4.11. The van der Waals surface area contributed by atoms with E-state index >= 15 is 0 Å². The van der Waals surface area contributed by atoms with Crippen LogP contribution >= 0.6 is 0 Å². The Morgan fingerprint density at radius 3 is 2.22 bits per heavy atom. The summed E-state index contributed by atoms with van der Waals surface area (Å²) in [7, 11) is 0. The summed E-state index contributed by atoms with van der Waals surface area (Å²) in [4.78, 5) is 44.2. The Bertz CT molecular complexity index is 569. The first kappa shape index (κ1) is 18.3. The molecule has 0 radical (unpaired) electrons. The number of amides is 1. The van der Waals surface area contributed by atoms with Crippen molar-refractivity contribution in [2.24, 2.45) is 0 Å². The standard InChI is InChI=1S/C16H19NO6/c18-13(16(22)23)8-4-7-12(15(20)21)17-14(19)10-9-11-5-2-1-3-6-11/h1-3,5-6,12H,4,7-10H2,(H,17,19)(H,20,21)(H,22,23)/t12-/m0/s1. The van der Waals surface area contributed by atoms with E-state index in [2.05, 4.69) is 5.32 Å². The average Bonchev–Trinajstić information content (AvgIpc) is 2.52. The van der Waals surface area contributed by atoms with E-state index in [0.29, 0.717) is 6.42 Å². The number of Topliss-reactive ketones (excluding diaryl/α,β-unsaturated/α-hetero) is 1. The van der Waals surface area contributed by atoms with Crippen LogP contribution in [-0.4, -0.2) is 39.9 Å². The number of carboxylic acid groups (broad SMARTS) is 2. The number of aryl methyl sites for hydroxylation is 1. The van der Waals surface area contributed by atoms with E-state index < -0.39 is 29.7 Å². The zero-order valence-electron chi connectivity index (χ0n) is 12.5. The lowest BCUT2D eigenvalue weighted by atomic mass is 10.1. The highest BCUT2D eigenvalue weighted by Crippen LogP contribution is 2.05. The van der Waals surface area contributed by atoms with E-state index in [-0.39, 0.29) is 25.7 Å². The average molecular weight is 321 g/mol. The van der Waals surface area contributed by atoms with Crippen molar-refractivity contribution in [3.63, 3.8) is 0 Å². The predicted octanol–water partition coefficient (Wildman–Crippen LogP) is 1.01. The quantitative estimate of drug-likeness (QED) is 0.553. The van der Waals surface area contributed by atoms with E-state index in [1.165, 1.54) is 0 Å². The van der Waals surface area contributed by atoms with Crippen molar-refractivity contribution < 1.29 is 29.4 Å². The Kier molecular flexibility index (Phi) is 7.45. The maximum atomic E-state index is 11.8. The van der Waals surface area contributed by atoms with Crippen molar-refractivity contribution >= 4 is 23.6 Å². The summed E-state index contributed by atoms with van der Waals surface area (Å²) in [5, 5.41) is 19.9. The van der Waals surface area contributed by atoms with Gasteiger partial charge in [-0.1, -0.05) is 30.3 Å². The third-order valence-corrected chi connectivity index (χ3v) is 3.25. The second-order valence-electron chi connectivity index (χ2n) is 5.06. The first-order valence-electron chi connectivity index (χ1n) is 7.22. The lowest BCUT2D eigenvalue weighted by molar-refractivity contribution is -0.149. The number of hydrogen-bond donors (Lipinski definition) is 3. The van der Waals surface area contributed by atoms with Crippen LogP contribution in [0.2, 0.25) is 0 Å². The molecular formula is C16H19NO6. The molecule has 1 amide bonds. The highest BCUT2D eigenvalue weighted by Gasteiger charge is 2.20. The second kappa shape index (κ2) is 9.34. The minimum atomic E-state index is -1.54. The maximum absolute atomic E-state index is 11.8. The van der Waals surface area contributed by atoms with Crippen molar-refractivity contribution in [1.82, 2.24) is 5.32 Å². The molecule has 0 aliphatic heterocycles. The molecule has 23 heavy (non-hydrogen) atoms. The van der Waals surface area contributed by atoms with E-state index in [0.717, 1.165) is 5.56 Å². The fourth-order valence-electron chi connectivity index (χ4n) is 2.00. The van der Waals surface area contributed by atoms with E-state index in [4.69, 9.17) is 10.2 Å². The van der Waals surface area contributed by atoms with Gasteiger partial charge in [-0.15, -0.1) is 0 Å². The first-order valence-corrected chi connectivity index (χ1v) is 7.22. The van der Waals surface area contributed by atoms with Gasteiger partial charge in [0.2, 0.25) is 11.7 Å². The summed E-state index contributed by atoms with van der Waals surface area (Å²) >= 11 is 0. The molecule has 0 unspecified atom stereocenters. The van der Waals surface area contributed by atoms with Crippen molar-refractivity contribution in [1.29, 1.82) is 0 Å². The molecule has 1 atom stereocenters. The molecular weight excluding hydrogens is 302 g/mol. The zero-order valence-corrected chi connectivity index (χ0v) is 12.5. The number of hydrogen-bond acceptors (Lipinski definition) is 4. The molecule has 0 heterocycles. The molecule has 1 rings (SSSR count). The van der Waals surface area contributed by atoms with Gasteiger partial charge in [-0.3, -0.25) is 9.59 Å². The molecule has 0 fully saturated rings. The number of carboxylic acids is 2. The highest BCUT2D eigenvalue weighted by atomic mass is 16.4. The van der Waals surface area contributed by atoms with Crippen LogP contribution in [0.4, 0.5) is 0 Å². The van der Waals surface area contributed by atoms with Gasteiger partial charge in [-0.05, 0) is 24.8 Å². The summed E-state index contributed by atoms with van der Waals surface area (Å²) in [5.41, 5.74) is 0.974. The number of carbonyl (C=O) groups is 4. The van der Waals surface area contributed by atoms with Crippen molar-refractivity contribution in [2.75, 3.05) is 0 Å². The van der Waals surface area contributed by atoms with Crippen LogP contribution in [0.5, 0.6) is 0 Å². The van der Waals surface area contributed by atoms with E-state index in [9.17, 15) is 19.2 Å². The molecule has 0 saturated heterocycles. The molecule has 1 aromatic carbocycles. The summed E-state index contributed by atoms with van der Waals surface area (Å²) < 4.78 is 0. The minimum Gasteiger partial charge on any atom is -0.480 e. The van der Waals surface area contributed by atoms with Gasteiger partial charge in [0.25, 0.3) is 0 Å². The van der Waals surface area contributed by atoms with Gasteiger partial charge >= 0.3 is 11.9 Å². The zero-order chi connectivity index (χ0) is 17.2. The smallest absolute Gasteiger partial charge is 0.372 e. The molecule has 7 nitrogen and oxygen atoms in total. The summed E-state index contributed by atoms with van der Waals surface area (Å²) in [6, 6.07) is 8.20. The Morgan fingerprint density at radius 1 is 1.00 bits per heavy atom. The van der Waals surface area contributed by atoms with Crippen LogP contribution in [0.15, 0.2) is 30.3 Å². The molecule has 1 aromatic rings. The molecule has 0 saturated carbocycles. The van der Waals surface area contributed by atoms with Crippen LogP contribution in [-0.2, 0) is 25.6 Å². The van der Waals surface area contributed by atoms with Gasteiger partial charge in [0, 0.05) is 12.8 Å². The van der Waals surface area contributed by atoms with Crippen molar-refractivity contribution in [2.45, 2.75) is 38.1 Å². The monoisotopic (exact) mass is 321 g/mol. The number of aliphatic carboxylic acids is 2. The molecule has 0 aliphatic carbocycles. The molecule has 124 valence electrons. The summed E-state index contributed by atoms with van der Waals surface area (Å²) in [6.07, 6.45) is 0.490. The van der Waals surface area contributed by atoms with Crippen molar-refractivity contribution in [3.05, 3.63) is 35.9 Å². The molecule has 3 N–H and O–H groups in total. The number of rotatable bonds is 10. The van der Waals surface area contributed by atoms with Gasteiger partial charge in [0.1, 0.15) is 6.04 Å². The molecule has 0 aromatic heterocycles. The molecule has 0 aliphatic rings. The Balaban J connectivity index is 2.39. The largest absolute Gasteiger partial charge is 0.480 e. The van der Waals surface area contributed by atoms with Gasteiger partial charge < -0.3 is 15.5 Å². The molecule has 7 heteroatoms. The number of ketones is 1. The molecule has 0 spiro atoms. The first-order chi connectivity index (χ1) is 10.9. The Hall–Kier alpha value is -2.70. The summed E-state index contributed by atoms with van der Waals surface area (Å²) in [6.45, 7) is 0. The third kappa shape index (κ3) is 7.21. The minimum absolute atomic E-state index is 0.00539. The van der Waals surface area contributed by atoms with Crippen LogP contribution in [0, 0.1) is 0 Å². The van der Waals surface area contributed by atoms with Crippen LogP contribution in [0.1, 0.15) is 31.2 Å². The lowest BCUT2D eigenvalue weighted by Crippen LogP contribution is -2.41. The van der Waals surface area contributed by atoms with Crippen LogP contribution in [0.25, 0.3) is 0 Å². The fourth-order valence-corrected chi connectivity index (χ4v) is 2.00. The third-order valence-electron chi connectivity index (χ3n) is 3.25. The van der Waals surface area contributed by atoms with Gasteiger partial charge in [0.05, 0.1) is 0 Å². The Morgan fingerprint density at radius 2 is 1.65 bits per heavy atom. The maximum Gasteiger partial charge on any atom is 0.372 e. The van der Waals surface area contributed by atoms with Crippen molar-refractivity contribution in [3.8, 4) is 0 Å². The van der Waals surface area contributed by atoms with Crippen LogP contribution < -0.4 is 5.32 Å². The predicted molar refractivity (Wildman–Crippen MR) is 80.8 cm³/mol. The fraction of sp³-hybridized carbons (Fsp3) is 0.375. The van der Waals surface area contributed by atoms with Gasteiger partial charge in [-0.2, -0.15) is 0 Å². The van der Waals surface area contributed by atoms with E-state index in [1.807, 2.05) is 30.3 Å². The van der Waals surface area contributed by atoms with Gasteiger partial charge in [0.15, 0.2) is 0 Å². The Labute approximate surface area is 133 Å². The number of benzene rings is 1.